The first-order valence-corrected chi connectivity index (χ1v) is 13.2. The third-order valence-corrected chi connectivity index (χ3v) is 8.03. The lowest BCUT2D eigenvalue weighted by atomic mass is 10.0. The van der Waals surface area contributed by atoms with Crippen LogP contribution >= 0.6 is 11.6 Å². The third kappa shape index (κ3) is 4.50. The second-order valence-electron chi connectivity index (χ2n) is 10.5. The van der Waals surface area contributed by atoms with E-state index in [4.69, 9.17) is 16.3 Å². The quantitative estimate of drug-likeness (QED) is 0.500. The lowest BCUT2D eigenvalue weighted by Crippen LogP contribution is -2.54. The Morgan fingerprint density at radius 3 is 2.72 bits per heavy atom. The number of piperazine rings is 1. The minimum Gasteiger partial charge on any atom is -0.480 e. The van der Waals surface area contributed by atoms with Gasteiger partial charge in [-0.15, -0.1) is 0 Å². The highest BCUT2D eigenvalue weighted by atomic mass is 35.5. The number of anilines is 4. The molecular formula is C26H28ClF2N7O3. The Hall–Kier alpha value is -3.67. The van der Waals surface area contributed by atoms with Gasteiger partial charge in [0.2, 0.25) is 17.6 Å². The number of benzene rings is 1. The maximum absolute atomic E-state index is 14.9. The van der Waals surface area contributed by atoms with Crippen LogP contribution in [-0.4, -0.2) is 70.1 Å². The zero-order chi connectivity index (χ0) is 27.6. The molecule has 1 aromatic carbocycles. The number of ether oxygens (including phenoxy) is 1. The van der Waals surface area contributed by atoms with Crippen LogP contribution in [0.3, 0.4) is 0 Å². The molecule has 6 rings (SSSR count). The number of alkyl halides is 2. The van der Waals surface area contributed by atoms with Crippen LogP contribution in [0.4, 0.5) is 31.9 Å². The van der Waals surface area contributed by atoms with Gasteiger partial charge < -0.3 is 29.7 Å². The number of nitrogens with one attached hydrogen (secondary N) is 2. The van der Waals surface area contributed by atoms with Crippen molar-refractivity contribution in [2.45, 2.75) is 37.8 Å². The Kier molecular flexibility index (Phi) is 6.05. The first-order chi connectivity index (χ1) is 18.5. The van der Waals surface area contributed by atoms with Crippen molar-refractivity contribution in [1.82, 2.24) is 19.4 Å². The van der Waals surface area contributed by atoms with E-state index in [1.165, 1.54) is 10.8 Å². The van der Waals surface area contributed by atoms with Gasteiger partial charge in [0.05, 0.1) is 23.4 Å². The highest BCUT2D eigenvalue weighted by Gasteiger charge is 2.51. The summed E-state index contributed by atoms with van der Waals surface area (Å²) in [5, 5.41) is 6.97. The molecule has 2 atom stereocenters. The lowest BCUT2D eigenvalue weighted by molar-refractivity contribution is -0.131. The summed E-state index contributed by atoms with van der Waals surface area (Å²) in [6.07, 6.45) is 2.86. The Morgan fingerprint density at radius 1 is 1.23 bits per heavy atom. The van der Waals surface area contributed by atoms with E-state index in [1.54, 1.807) is 42.1 Å². The van der Waals surface area contributed by atoms with Crippen LogP contribution in [0.5, 0.6) is 5.75 Å². The molecule has 3 aromatic rings. The van der Waals surface area contributed by atoms with Crippen LogP contribution in [-0.2, 0) is 11.8 Å². The van der Waals surface area contributed by atoms with E-state index in [2.05, 4.69) is 20.6 Å². The lowest BCUT2D eigenvalue weighted by Gasteiger charge is -2.37. The predicted molar refractivity (Wildman–Crippen MR) is 145 cm³/mol. The van der Waals surface area contributed by atoms with E-state index in [0.717, 1.165) is 0 Å². The molecule has 2 fully saturated rings. The van der Waals surface area contributed by atoms with Gasteiger partial charge in [0.25, 0.3) is 5.56 Å². The van der Waals surface area contributed by atoms with Gasteiger partial charge in [-0.25, -0.2) is 13.8 Å². The van der Waals surface area contributed by atoms with Gasteiger partial charge in [-0.1, -0.05) is 11.6 Å². The Balaban J connectivity index is 1.37. The number of aromatic nitrogens is 3. The first-order valence-electron chi connectivity index (χ1n) is 12.8. The molecule has 4 heterocycles. The molecule has 206 valence electrons. The number of carbonyl (C=O) groups excluding carboxylic acids is 1. The highest BCUT2D eigenvalue weighted by molar-refractivity contribution is 6.33. The van der Waals surface area contributed by atoms with E-state index in [1.807, 2.05) is 6.92 Å². The number of rotatable bonds is 4. The van der Waals surface area contributed by atoms with Gasteiger partial charge in [0, 0.05) is 37.8 Å². The topological polar surface area (TPSA) is 105 Å². The minimum absolute atomic E-state index is 0.00843. The molecule has 39 heavy (non-hydrogen) atoms. The zero-order valence-electron chi connectivity index (χ0n) is 21.7. The standard InChI is InChI=1S/C26H28ClF2N7O3/c1-13-10-36(11-19(37)34(13)2)25-30-9-17(27)23(33-25)31-15-6-7-18-16(8-15)20-21(24(38)35(18)3)39-12-26(28,29)22(32-20)14-4-5-14/h6-9,13-14,22,32H,4-5,10-12H2,1-3H3,(H,30,31,33)/t13-,22-/m0/s1. The van der Waals surface area contributed by atoms with Crippen molar-refractivity contribution < 1.29 is 18.3 Å². The van der Waals surface area contributed by atoms with E-state index in [0.29, 0.717) is 47.7 Å². The number of pyridine rings is 1. The zero-order valence-corrected chi connectivity index (χ0v) is 22.4. The number of nitrogens with zero attached hydrogens (tertiary/aromatic N) is 5. The fourth-order valence-electron chi connectivity index (χ4n) is 5.20. The van der Waals surface area contributed by atoms with E-state index < -0.39 is 24.1 Å². The smallest absolute Gasteiger partial charge is 0.301 e. The molecule has 2 N–H and O–H groups in total. The molecule has 1 aliphatic carbocycles. The van der Waals surface area contributed by atoms with Gasteiger partial charge in [-0.05, 0) is 43.9 Å². The van der Waals surface area contributed by atoms with Gasteiger partial charge in [-0.3, -0.25) is 9.59 Å². The molecule has 2 aliphatic heterocycles. The van der Waals surface area contributed by atoms with Crippen LogP contribution in [0.15, 0.2) is 29.2 Å². The number of likely N-dealkylation sites (N-methyl/N-ethyl adjacent to an activating group) is 1. The van der Waals surface area contributed by atoms with Crippen LogP contribution in [0, 0.1) is 5.92 Å². The second-order valence-corrected chi connectivity index (χ2v) is 10.9. The number of aryl methyl sites for hydroxylation is 1. The molecule has 1 amide bonds. The molecular weight excluding hydrogens is 532 g/mol. The number of carbonyl (C=O) groups is 1. The number of hydrogen-bond donors (Lipinski definition) is 2. The number of hydrogen-bond acceptors (Lipinski definition) is 8. The predicted octanol–water partition coefficient (Wildman–Crippen LogP) is 3.61. The number of halogens is 3. The molecule has 3 aliphatic rings. The van der Waals surface area contributed by atoms with Crippen molar-refractivity contribution in [3.63, 3.8) is 0 Å². The van der Waals surface area contributed by atoms with Gasteiger partial charge in [-0.2, -0.15) is 4.98 Å². The molecule has 0 spiro atoms. The summed E-state index contributed by atoms with van der Waals surface area (Å²) in [6, 6.07) is 4.09. The monoisotopic (exact) mass is 559 g/mol. The molecule has 0 bridgehead atoms. The van der Waals surface area contributed by atoms with Crippen LogP contribution in [0.25, 0.3) is 10.9 Å². The summed E-state index contributed by atoms with van der Waals surface area (Å²) < 4.78 is 36.7. The fourth-order valence-corrected chi connectivity index (χ4v) is 5.34. The molecule has 10 nitrogen and oxygen atoms in total. The number of fused-ring (bicyclic) bond motifs is 3. The summed E-state index contributed by atoms with van der Waals surface area (Å²) in [6.45, 7) is 1.81. The van der Waals surface area contributed by atoms with Crippen LogP contribution in [0.1, 0.15) is 19.8 Å². The summed E-state index contributed by atoms with van der Waals surface area (Å²) in [5.41, 5.74) is 0.890. The van der Waals surface area contributed by atoms with E-state index in [9.17, 15) is 18.4 Å². The first kappa shape index (κ1) is 25.6. The van der Waals surface area contributed by atoms with Gasteiger partial charge in [0.15, 0.2) is 12.4 Å². The van der Waals surface area contributed by atoms with Gasteiger partial charge >= 0.3 is 5.92 Å². The largest absolute Gasteiger partial charge is 0.480 e. The maximum atomic E-state index is 14.9. The fraction of sp³-hybridized carbons (Fsp3) is 0.462. The van der Waals surface area contributed by atoms with Crippen molar-refractivity contribution >= 4 is 51.6 Å². The summed E-state index contributed by atoms with van der Waals surface area (Å²) in [7, 11) is 3.35. The minimum atomic E-state index is -3.12. The van der Waals surface area contributed by atoms with E-state index >= 15 is 0 Å². The van der Waals surface area contributed by atoms with Crippen molar-refractivity contribution in [3.8, 4) is 5.75 Å². The second kappa shape index (κ2) is 9.22. The van der Waals surface area contributed by atoms with Crippen molar-refractivity contribution in [1.29, 1.82) is 0 Å². The summed E-state index contributed by atoms with van der Waals surface area (Å²) >= 11 is 6.42. The molecule has 0 unspecified atom stereocenters. The average Bonchev–Trinajstić information content (AvgIpc) is 3.74. The normalized spacial score (nSPS) is 22.7. The Labute approximate surface area is 227 Å². The van der Waals surface area contributed by atoms with Crippen molar-refractivity contribution in [2.75, 3.05) is 42.3 Å². The molecule has 2 aromatic heterocycles. The van der Waals surface area contributed by atoms with Crippen molar-refractivity contribution in [3.05, 3.63) is 39.8 Å². The third-order valence-electron chi connectivity index (χ3n) is 7.75. The van der Waals surface area contributed by atoms with Crippen molar-refractivity contribution in [2.24, 2.45) is 13.0 Å². The summed E-state index contributed by atoms with van der Waals surface area (Å²) in [5.74, 6) is -2.79. The van der Waals surface area contributed by atoms with E-state index in [-0.39, 0.29) is 40.9 Å². The van der Waals surface area contributed by atoms with Gasteiger partial charge in [0.1, 0.15) is 11.6 Å². The summed E-state index contributed by atoms with van der Waals surface area (Å²) in [4.78, 5) is 37.8. The highest BCUT2D eigenvalue weighted by Crippen LogP contribution is 2.45. The molecule has 1 saturated carbocycles. The number of amides is 1. The molecule has 1 saturated heterocycles. The van der Waals surface area contributed by atoms with Crippen LogP contribution < -0.4 is 25.8 Å². The molecule has 13 heteroatoms. The Morgan fingerprint density at radius 2 is 2.00 bits per heavy atom. The maximum Gasteiger partial charge on any atom is 0.301 e. The average molecular weight is 560 g/mol. The van der Waals surface area contributed by atoms with Crippen LogP contribution in [0.2, 0.25) is 5.02 Å². The SMILES string of the molecule is C[C@H]1CN(c2ncc(Cl)c(Nc3ccc4c(c3)c3c(c(=O)n4C)OCC(F)(F)[C@H](C4CC4)N3)n2)CC(=O)N1C. The molecule has 0 radical (unpaired) electrons. The Bertz CT molecular complexity index is 1540.